The van der Waals surface area contributed by atoms with Crippen molar-refractivity contribution in [2.45, 2.75) is 0 Å². The molecule has 0 radical (unpaired) electrons. The predicted octanol–water partition coefficient (Wildman–Crippen LogP) is 4.16. The maximum absolute atomic E-state index is 5.24. The van der Waals surface area contributed by atoms with Gasteiger partial charge in [-0.3, -0.25) is 4.98 Å². The summed E-state index contributed by atoms with van der Waals surface area (Å²) in [4.78, 5) is 4.59. The van der Waals surface area contributed by atoms with Crippen molar-refractivity contribution in [1.82, 2.24) is 9.38 Å². The minimum Gasteiger partial charge on any atom is -0.497 e. The number of nitrogens with zero attached hydrogens (tertiary/aromatic N) is 2. The number of hydrogen-bond donors (Lipinski definition) is 0. The molecule has 0 amide bonds. The van der Waals surface area contributed by atoms with Gasteiger partial charge < -0.3 is 9.14 Å². The van der Waals surface area contributed by atoms with Gasteiger partial charge in [0.15, 0.2) is 0 Å². The summed E-state index contributed by atoms with van der Waals surface area (Å²) in [5, 5.41) is 0. The fraction of sp³-hybridized carbons (Fsp3) is 0.0556. The second-order valence-corrected chi connectivity index (χ2v) is 4.93. The van der Waals surface area contributed by atoms with Crippen molar-refractivity contribution in [3.63, 3.8) is 0 Å². The zero-order valence-electron chi connectivity index (χ0n) is 11.7. The van der Waals surface area contributed by atoms with Gasteiger partial charge in [-0.25, -0.2) is 0 Å². The number of fused-ring (bicyclic) bond motifs is 3. The SMILES string of the molecule is COc1ccc(-c2c3ncccc3n3ccccc23)cc1. The molecule has 0 aliphatic rings. The molecule has 4 rings (SSSR count). The third kappa shape index (κ3) is 1.78. The van der Waals surface area contributed by atoms with E-state index < -0.39 is 0 Å². The number of hydrogen-bond acceptors (Lipinski definition) is 2. The van der Waals surface area contributed by atoms with Crippen molar-refractivity contribution in [2.75, 3.05) is 7.11 Å². The molecular formula is C18H14N2O. The lowest BCUT2D eigenvalue weighted by molar-refractivity contribution is 0.415. The van der Waals surface area contributed by atoms with Crippen LogP contribution in [0.5, 0.6) is 5.75 Å². The molecular weight excluding hydrogens is 260 g/mol. The highest BCUT2D eigenvalue weighted by Crippen LogP contribution is 2.34. The van der Waals surface area contributed by atoms with Crippen LogP contribution in [0.4, 0.5) is 0 Å². The van der Waals surface area contributed by atoms with E-state index >= 15 is 0 Å². The van der Waals surface area contributed by atoms with Gasteiger partial charge in [0.2, 0.25) is 0 Å². The third-order valence-electron chi connectivity index (χ3n) is 3.78. The summed E-state index contributed by atoms with van der Waals surface area (Å²) in [6.45, 7) is 0. The monoisotopic (exact) mass is 274 g/mol. The Labute approximate surface area is 122 Å². The van der Waals surface area contributed by atoms with Gasteiger partial charge in [0.1, 0.15) is 5.75 Å². The molecule has 0 unspecified atom stereocenters. The minimum atomic E-state index is 0.861. The molecule has 1 aromatic carbocycles. The van der Waals surface area contributed by atoms with E-state index in [1.165, 1.54) is 0 Å². The largest absolute Gasteiger partial charge is 0.497 e. The summed E-state index contributed by atoms with van der Waals surface area (Å²) in [6, 6.07) is 18.4. The van der Waals surface area contributed by atoms with Crippen LogP contribution in [0.1, 0.15) is 0 Å². The summed E-state index contributed by atoms with van der Waals surface area (Å²) in [6.07, 6.45) is 3.92. The van der Waals surface area contributed by atoms with E-state index in [1.807, 2.05) is 30.5 Å². The molecule has 3 aromatic heterocycles. The summed E-state index contributed by atoms with van der Waals surface area (Å²) < 4.78 is 7.42. The first kappa shape index (κ1) is 12.0. The van der Waals surface area contributed by atoms with Gasteiger partial charge in [-0.05, 0) is 42.0 Å². The standard InChI is InChI=1S/C18H14N2O/c1-21-14-9-7-13(8-10-14)17-15-5-2-3-12-20(15)16-6-4-11-19-18(16)17/h2-12H,1H3. The molecule has 21 heavy (non-hydrogen) atoms. The van der Waals surface area contributed by atoms with Crippen molar-refractivity contribution in [3.05, 3.63) is 67.0 Å². The van der Waals surface area contributed by atoms with Crippen molar-refractivity contribution in [3.8, 4) is 16.9 Å². The third-order valence-corrected chi connectivity index (χ3v) is 3.78. The van der Waals surface area contributed by atoms with Gasteiger partial charge >= 0.3 is 0 Å². The number of methoxy groups -OCH3 is 1. The molecule has 0 bridgehead atoms. The predicted molar refractivity (Wildman–Crippen MR) is 84.7 cm³/mol. The Balaban J connectivity index is 2.09. The highest BCUT2D eigenvalue weighted by Gasteiger charge is 2.13. The number of benzene rings is 1. The fourth-order valence-corrected chi connectivity index (χ4v) is 2.80. The van der Waals surface area contributed by atoms with Crippen molar-refractivity contribution < 1.29 is 4.74 Å². The highest BCUT2D eigenvalue weighted by atomic mass is 16.5. The molecule has 0 aliphatic carbocycles. The van der Waals surface area contributed by atoms with Gasteiger partial charge in [-0.15, -0.1) is 0 Å². The van der Waals surface area contributed by atoms with E-state index in [0.717, 1.165) is 33.4 Å². The molecule has 0 saturated heterocycles. The summed E-state index contributed by atoms with van der Waals surface area (Å²) >= 11 is 0. The quantitative estimate of drug-likeness (QED) is 0.548. The van der Waals surface area contributed by atoms with Gasteiger partial charge in [0.05, 0.1) is 23.7 Å². The van der Waals surface area contributed by atoms with Crippen LogP contribution < -0.4 is 4.74 Å². The first-order chi connectivity index (χ1) is 10.4. The van der Waals surface area contributed by atoms with E-state index in [0.29, 0.717) is 0 Å². The Morgan fingerprint density at radius 1 is 0.905 bits per heavy atom. The molecule has 0 N–H and O–H groups in total. The summed E-state index contributed by atoms with van der Waals surface area (Å²) in [7, 11) is 1.68. The fourth-order valence-electron chi connectivity index (χ4n) is 2.80. The van der Waals surface area contributed by atoms with E-state index in [9.17, 15) is 0 Å². The molecule has 0 fully saturated rings. The Bertz CT molecular complexity index is 870. The highest BCUT2D eigenvalue weighted by molar-refractivity contribution is 6.03. The summed E-state index contributed by atoms with van der Waals surface area (Å²) in [5.74, 6) is 0.861. The van der Waals surface area contributed by atoms with E-state index in [1.54, 1.807) is 7.11 Å². The molecule has 4 aromatic rings. The van der Waals surface area contributed by atoms with E-state index in [-0.39, 0.29) is 0 Å². The average Bonchev–Trinajstić information content (AvgIpc) is 2.90. The van der Waals surface area contributed by atoms with Gasteiger partial charge in [-0.1, -0.05) is 18.2 Å². The molecule has 102 valence electrons. The second kappa shape index (κ2) is 4.63. The lowest BCUT2D eigenvalue weighted by Crippen LogP contribution is -1.84. The molecule has 3 nitrogen and oxygen atoms in total. The summed E-state index contributed by atoms with van der Waals surface area (Å²) in [5.41, 5.74) is 5.62. The number of pyridine rings is 2. The first-order valence-electron chi connectivity index (χ1n) is 6.86. The topological polar surface area (TPSA) is 26.5 Å². The normalized spacial score (nSPS) is 11.1. The maximum Gasteiger partial charge on any atom is 0.118 e. The van der Waals surface area contributed by atoms with Gasteiger partial charge in [0, 0.05) is 18.0 Å². The van der Waals surface area contributed by atoms with Crippen LogP contribution in [0.15, 0.2) is 67.0 Å². The van der Waals surface area contributed by atoms with Crippen molar-refractivity contribution >= 4 is 16.6 Å². The average molecular weight is 274 g/mol. The van der Waals surface area contributed by atoms with Gasteiger partial charge in [0.25, 0.3) is 0 Å². The van der Waals surface area contributed by atoms with Gasteiger partial charge in [-0.2, -0.15) is 0 Å². The van der Waals surface area contributed by atoms with Crippen molar-refractivity contribution in [2.24, 2.45) is 0 Å². The molecule has 0 saturated carbocycles. The molecule has 3 heterocycles. The van der Waals surface area contributed by atoms with Crippen LogP contribution in [0, 0.1) is 0 Å². The Morgan fingerprint density at radius 3 is 2.52 bits per heavy atom. The molecule has 0 aliphatic heterocycles. The molecule has 3 heteroatoms. The van der Waals surface area contributed by atoms with Crippen LogP contribution in [0.2, 0.25) is 0 Å². The molecule has 0 spiro atoms. The lowest BCUT2D eigenvalue weighted by Gasteiger charge is -2.03. The van der Waals surface area contributed by atoms with E-state index in [4.69, 9.17) is 4.74 Å². The second-order valence-electron chi connectivity index (χ2n) is 4.93. The molecule has 0 atom stereocenters. The Hall–Kier alpha value is -2.81. The van der Waals surface area contributed by atoms with Crippen LogP contribution in [0.3, 0.4) is 0 Å². The maximum atomic E-state index is 5.24. The lowest BCUT2D eigenvalue weighted by atomic mass is 10.1. The van der Waals surface area contributed by atoms with Crippen LogP contribution in [-0.2, 0) is 0 Å². The van der Waals surface area contributed by atoms with Crippen LogP contribution in [-0.4, -0.2) is 16.5 Å². The number of rotatable bonds is 2. The van der Waals surface area contributed by atoms with E-state index in [2.05, 4.69) is 45.9 Å². The van der Waals surface area contributed by atoms with Crippen LogP contribution in [0.25, 0.3) is 27.7 Å². The van der Waals surface area contributed by atoms with Crippen LogP contribution >= 0.6 is 0 Å². The van der Waals surface area contributed by atoms with Crippen molar-refractivity contribution in [1.29, 1.82) is 0 Å². The first-order valence-corrected chi connectivity index (χ1v) is 6.86. The zero-order chi connectivity index (χ0) is 14.2. The zero-order valence-corrected chi connectivity index (χ0v) is 11.7. The smallest absolute Gasteiger partial charge is 0.118 e. The number of ether oxygens (including phenoxy) is 1. The Morgan fingerprint density at radius 2 is 1.71 bits per heavy atom. The number of aromatic nitrogens is 2. The minimum absolute atomic E-state index is 0.861. The Kier molecular flexibility index (Phi) is 2.64.